The molecule has 0 aliphatic carbocycles. The first-order valence-electron chi connectivity index (χ1n) is 11.0. The number of halogens is 1. The highest BCUT2D eigenvalue weighted by Crippen LogP contribution is 2.43. The van der Waals surface area contributed by atoms with Gasteiger partial charge in [0, 0.05) is 35.6 Å². The van der Waals surface area contributed by atoms with Gasteiger partial charge in [-0.2, -0.15) is 0 Å². The van der Waals surface area contributed by atoms with Gasteiger partial charge in [-0.15, -0.1) is 5.10 Å². The predicted molar refractivity (Wildman–Crippen MR) is 135 cm³/mol. The second-order valence-electron chi connectivity index (χ2n) is 8.51. The lowest BCUT2D eigenvalue weighted by Gasteiger charge is -2.30. The van der Waals surface area contributed by atoms with Crippen molar-refractivity contribution in [2.75, 3.05) is 25.7 Å². The van der Waals surface area contributed by atoms with Gasteiger partial charge in [-0.1, -0.05) is 28.9 Å². The number of hydrogen-bond acceptors (Lipinski definition) is 9. The summed E-state index contributed by atoms with van der Waals surface area (Å²) in [6.07, 6.45) is 2.62. The highest BCUT2D eigenvalue weighted by Gasteiger charge is 2.39. The Morgan fingerprint density at radius 1 is 1.17 bits per heavy atom. The van der Waals surface area contributed by atoms with Gasteiger partial charge < -0.3 is 14.6 Å². The number of sulfone groups is 1. The molecule has 0 amide bonds. The largest absolute Gasteiger partial charge is 0.486 e. The Kier molecular flexibility index (Phi) is 6.91. The fourth-order valence-corrected chi connectivity index (χ4v) is 4.77. The fourth-order valence-electron chi connectivity index (χ4n) is 4.10. The molecule has 1 atom stereocenters. The summed E-state index contributed by atoms with van der Waals surface area (Å²) >= 11 is 6.73. The fraction of sp³-hybridized carbons (Fsp3) is 0.333. The number of hydrogen-bond donors (Lipinski definition) is 1. The van der Waals surface area contributed by atoms with E-state index < -0.39 is 15.4 Å². The number of aliphatic hydroxyl groups is 1. The van der Waals surface area contributed by atoms with Crippen molar-refractivity contribution in [1.29, 1.82) is 0 Å². The van der Waals surface area contributed by atoms with Crippen LogP contribution in [0.25, 0.3) is 10.9 Å². The molecular formula is C24H26ClN5O5S. The van der Waals surface area contributed by atoms with E-state index in [0.717, 1.165) is 11.9 Å². The van der Waals surface area contributed by atoms with Gasteiger partial charge in [-0.25, -0.2) is 18.1 Å². The summed E-state index contributed by atoms with van der Waals surface area (Å²) in [4.78, 5) is 9.01. The van der Waals surface area contributed by atoms with E-state index in [1.54, 1.807) is 25.2 Å². The van der Waals surface area contributed by atoms with Gasteiger partial charge in [0.25, 0.3) is 5.88 Å². The molecule has 4 aromatic rings. The highest BCUT2D eigenvalue weighted by atomic mass is 35.5. The summed E-state index contributed by atoms with van der Waals surface area (Å²) in [6, 6.07) is 8.81. The zero-order valence-electron chi connectivity index (χ0n) is 20.5. The number of methoxy groups -OCH3 is 1. The molecule has 3 aromatic heterocycles. The normalized spacial score (nSPS) is 13.5. The number of aryl methyl sites for hydroxylation is 3. The zero-order chi connectivity index (χ0) is 26.3. The summed E-state index contributed by atoms with van der Waals surface area (Å²) in [7, 11) is -0.132. The summed E-state index contributed by atoms with van der Waals surface area (Å²) in [5.41, 5.74) is 1.75. The molecule has 0 saturated carbocycles. The van der Waals surface area contributed by atoms with Gasteiger partial charge in [0.2, 0.25) is 5.75 Å². The van der Waals surface area contributed by atoms with E-state index in [9.17, 15) is 13.5 Å². The third kappa shape index (κ3) is 4.73. The number of aromatic nitrogens is 5. The van der Waals surface area contributed by atoms with Crippen molar-refractivity contribution in [3.63, 3.8) is 0 Å². The van der Waals surface area contributed by atoms with Gasteiger partial charge in [0.15, 0.2) is 15.4 Å². The van der Waals surface area contributed by atoms with E-state index in [-0.39, 0.29) is 29.0 Å². The van der Waals surface area contributed by atoms with E-state index in [4.69, 9.17) is 21.1 Å². The molecule has 3 heterocycles. The third-order valence-corrected chi connectivity index (χ3v) is 7.14. The molecule has 1 aromatic carbocycles. The van der Waals surface area contributed by atoms with E-state index in [2.05, 4.69) is 20.3 Å². The quantitative estimate of drug-likeness (QED) is 0.364. The molecule has 0 bridgehead atoms. The number of fused-ring (bicyclic) bond motifs is 1. The Hall–Kier alpha value is -3.28. The Labute approximate surface area is 213 Å². The van der Waals surface area contributed by atoms with E-state index in [1.165, 1.54) is 18.0 Å². The van der Waals surface area contributed by atoms with Crippen LogP contribution in [0.3, 0.4) is 0 Å². The molecule has 0 unspecified atom stereocenters. The monoisotopic (exact) mass is 531 g/mol. The number of rotatable bonds is 8. The van der Waals surface area contributed by atoms with Crippen LogP contribution in [-0.4, -0.2) is 64.2 Å². The number of ether oxygens (including phenoxy) is 2. The molecule has 10 nitrogen and oxygen atoms in total. The Morgan fingerprint density at radius 3 is 2.53 bits per heavy atom. The third-order valence-electron chi connectivity index (χ3n) is 5.86. The van der Waals surface area contributed by atoms with Gasteiger partial charge in [-0.05, 0) is 37.6 Å². The lowest BCUT2D eigenvalue weighted by Crippen LogP contribution is -2.32. The Balaban J connectivity index is 1.92. The maximum Gasteiger partial charge on any atom is 0.258 e. The maximum atomic E-state index is 12.3. The molecule has 0 saturated heterocycles. The predicted octanol–water partition coefficient (Wildman–Crippen LogP) is 2.74. The summed E-state index contributed by atoms with van der Waals surface area (Å²) < 4.78 is 35.6. The molecule has 12 heteroatoms. The minimum atomic E-state index is -3.24. The average Bonchev–Trinajstić information content (AvgIpc) is 3.25. The Morgan fingerprint density at radius 2 is 1.92 bits per heavy atom. The van der Waals surface area contributed by atoms with Gasteiger partial charge in [0.05, 0.1) is 35.3 Å². The van der Waals surface area contributed by atoms with Crippen molar-refractivity contribution < 1.29 is 23.0 Å². The Bertz CT molecular complexity index is 1560. The second kappa shape index (κ2) is 9.64. The summed E-state index contributed by atoms with van der Waals surface area (Å²) in [6.45, 7) is 3.58. The highest BCUT2D eigenvalue weighted by molar-refractivity contribution is 7.90. The maximum absolute atomic E-state index is 12.3. The van der Waals surface area contributed by atoms with Crippen molar-refractivity contribution in [3.8, 4) is 11.6 Å². The average molecular weight is 532 g/mol. The lowest BCUT2D eigenvalue weighted by molar-refractivity contribution is 0.115. The van der Waals surface area contributed by atoms with Crippen molar-refractivity contribution in [1.82, 2.24) is 25.0 Å². The van der Waals surface area contributed by atoms with Crippen LogP contribution in [-0.2, 0) is 22.5 Å². The van der Waals surface area contributed by atoms with Crippen molar-refractivity contribution >= 4 is 32.3 Å². The minimum Gasteiger partial charge on any atom is -0.486 e. The zero-order valence-corrected chi connectivity index (χ0v) is 22.1. The van der Waals surface area contributed by atoms with Crippen molar-refractivity contribution in [2.45, 2.75) is 19.4 Å². The number of pyridine rings is 2. The molecule has 0 spiro atoms. The first-order valence-corrected chi connectivity index (χ1v) is 13.4. The van der Waals surface area contributed by atoms with Crippen LogP contribution in [0.1, 0.15) is 28.2 Å². The topological polar surface area (TPSA) is 129 Å². The van der Waals surface area contributed by atoms with Crippen LogP contribution in [0.15, 0.2) is 36.5 Å². The van der Waals surface area contributed by atoms with E-state index in [0.29, 0.717) is 33.4 Å². The van der Waals surface area contributed by atoms with Crippen molar-refractivity contribution in [3.05, 3.63) is 69.8 Å². The van der Waals surface area contributed by atoms with Crippen LogP contribution in [0.5, 0.6) is 11.6 Å². The van der Waals surface area contributed by atoms with Crippen LogP contribution in [0.4, 0.5) is 0 Å². The number of benzene rings is 1. The summed E-state index contributed by atoms with van der Waals surface area (Å²) in [5, 5.41) is 20.9. The first kappa shape index (κ1) is 25.8. The molecule has 0 radical (unpaired) electrons. The van der Waals surface area contributed by atoms with Crippen LogP contribution < -0.4 is 9.47 Å². The smallest absolute Gasteiger partial charge is 0.258 e. The molecular weight excluding hydrogens is 506 g/mol. The van der Waals surface area contributed by atoms with Gasteiger partial charge in [-0.3, -0.25) is 4.98 Å². The molecule has 0 aliphatic rings. The van der Waals surface area contributed by atoms with E-state index in [1.807, 2.05) is 26.0 Å². The van der Waals surface area contributed by atoms with Crippen molar-refractivity contribution in [2.24, 2.45) is 7.05 Å². The standard InChI is InChI=1S/C24H26ClN5O5S/c1-14-6-8-18(15(2)27-14)24(31,20-13-26-29-30(20)3)16-7-9-19-17(12-16)21(25)22(23(28-19)34-4)35-10-11-36(5,32)33/h6-9,12-13,31H,10-11H2,1-5H3/t24-/m1/s1. The van der Waals surface area contributed by atoms with Gasteiger partial charge >= 0.3 is 0 Å². The minimum absolute atomic E-state index is 0.117. The lowest BCUT2D eigenvalue weighted by atomic mass is 9.82. The van der Waals surface area contributed by atoms with Crippen LogP contribution in [0, 0.1) is 13.8 Å². The molecule has 36 heavy (non-hydrogen) atoms. The molecule has 4 rings (SSSR count). The first-order chi connectivity index (χ1) is 17.0. The van der Waals surface area contributed by atoms with E-state index >= 15 is 0 Å². The van der Waals surface area contributed by atoms with Crippen LogP contribution >= 0.6 is 11.6 Å². The van der Waals surface area contributed by atoms with Crippen LogP contribution in [0.2, 0.25) is 5.02 Å². The number of nitrogens with zero attached hydrogens (tertiary/aromatic N) is 5. The van der Waals surface area contributed by atoms with Gasteiger partial charge in [0.1, 0.15) is 6.61 Å². The molecule has 190 valence electrons. The second-order valence-corrected chi connectivity index (χ2v) is 11.2. The molecule has 0 aliphatic heterocycles. The molecule has 0 fully saturated rings. The summed E-state index contributed by atoms with van der Waals surface area (Å²) in [5.74, 6) is 0.0436. The SMILES string of the molecule is COc1nc2ccc([C@@](O)(c3ccc(C)nc3C)c3cnnn3C)cc2c(Cl)c1OCCS(C)(=O)=O. The molecule has 1 N–H and O–H groups in total.